The molecule has 6 nitrogen and oxygen atoms in total. The first-order chi connectivity index (χ1) is 40.0. The maximum absolute atomic E-state index is 12.9. The predicted molar refractivity (Wildman–Crippen MR) is 353 cm³/mol. The minimum Gasteiger partial charge on any atom is -0.462 e. The highest BCUT2D eigenvalue weighted by Crippen LogP contribution is 2.19. The van der Waals surface area contributed by atoms with Crippen molar-refractivity contribution in [3.05, 3.63) is 24.3 Å². The average Bonchev–Trinajstić information content (AvgIpc) is 3.47. The molecular formula is C75H142O6. The number of hydrogen-bond acceptors (Lipinski definition) is 6. The zero-order valence-corrected chi connectivity index (χ0v) is 55.1. The van der Waals surface area contributed by atoms with Gasteiger partial charge in [0.2, 0.25) is 0 Å². The molecule has 0 aliphatic rings. The first-order valence-electron chi connectivity index (χ1n) is 36.8. The Morgan fingerprint density at radius 1 is 0.247 bits per heavy atom. The Morgan fingerprint density at radius 3 is 0.679 bits per heavy atom. The lowest BCUT2D eigenvalue weighted by Gasteiger charge is -2.18. The summed E-state index contributed by atoms with van der Waals surface area (Å²) >= 11 is 0. The van der Waals surface area contributed by atoms with Crippen LogP contribution in [0.5, 0.6) is 0 Å². The Morgan fingerprint density at radius 2 is 0.444 bits per heavy atom. The van der Waals surface area contributed by atoms with Crippen molar-refractivity contribution in [2.24, 2.45) is 0 Å². The molecule has 0 spiro atoms. The zero-order chi connectivity index (χ0) is 58.5. The van der Waals surface area contributed by atoms with Gasteiger partial charge in [-0.2, -0.15) is 0 Å². The van der Waals surface area contributed by atoms with E-state index in [-0.39, 0.29) is 31.1 Å². The van der Waals surface area contributed by atoms with Gasteiger partial charge in [-0.25, -0.2) is 0 Å². The number of carbonyl (C=O) groups is 3. The topological polar surface area (TPSA) is 78.9 Å². The van der Waals surface area contributed by atoms with E-state index in [1.54, 1.807) is 0 Å². The number of hydrogen-bond donors (Lipinski definition) is 0. The van der Waals surface area contributed by atoms with Gasteiger partial charge >= 0.3 is 17.9 Å². The fourth-order valence-electron chi connectivity index (χ4n) is 11.4. The monoisotopic (exact) mass is 1140 g/mol. The van der Waals surface area contributed by atoms with Gasteiger partial charge in [-0.1, -0.05) is 373 Å². The molecule has 0 aromatic rings. The van der Waals surface area contributed by atoms with Gasteiger partial charge in [-0.05, 0) is 51.4 Å². The standard InChI is InChI=1S/C75H142O6/c1-4-7-10-13-16-19-21-23-25-27-29-31-33-34-35-36-37-38-39-40-41-42-43-45-46-48-50-52-54-56-59-62-65-68-74(77)80-71-72(70-79-73(76)67-64-61-58-18-15-12-9-6-3)81-75(78)69-66-63-60-57-55-53-51-49-47-44-32-30-28-26-24-22-20-17-14-11-8-5-2/h21,23,27,29,72H,4-20,22,24-26,28,30-71H2,1-3H3/b23-21-,29-27-. The van der Waals surface area contributed by atoms with E-state index in [9.17, 15) is 14.4 Å². The molecule has 0 N–H and O–H groups in total. The summed E-state index contributed by atoms with van der Waals surface area (Å²) in [7, 11) is 0. The molecule has 0 aromatic heterocycles. The first kappa shape index (κ1) is 78.9. The summed E-state index contributed by atoms with van der Waals surface area (Å²) in [5.74, 6) is -0.834. The number of carbonyl (C=O) groups excluding carboxylic acids is 3. The minimum absolute atomic E-state index is 0.0633. The van der Waals surface area contributed by atoms with E-state index in [1.165, 1.54) is 315 Å². The van der Waals surface area contributed by atoms with Crippen LogP contribution in [-0.2, 0) is 28.6 Å². The summed E-state index contributed by atoms with van der Waals surface area (Å²) in [6.07, 6.45) is 86.8. The summed E-state index contributed by atoms with van der Waals surface area (Å²) in [6, 6.07) is 0. The smallest absolute Gasteiger partial charge is 0.306 e. The number of unbranched alkanes of at least 4 members (excludes halogenated alkanes) is 54. The largest absolute Gasteiger partial charge is 0.462 e. The molecule has 0 rings (SSSR count). The van der Waals surface area contributed by atoms with Crippen LogP contribution >= 0.6 is 0 Å². The predicted octanol–water partition coefficient (Wildman–Crippen LogP) is 25.3. The minimum atomic E-state index is -0.764. The Balaban J connectivity index is 3.99. The van der Waals surface area contributed by atoms with Crippen LogP contribution in [0.4, 0.5) is 0 Å². The number of rotatable bonds is 69. The van der Waals surface area contributed by atoms with Crippen molar-refractivity contribution in [3.8, 4) is 0 Å². The van der Waals surface area contributed by atoms with E-state index in [1.807, 2.05) is 0 Å². The van der Waals surface area contributed by atoms with E-state index in [0.29, 0.717) is 19.3 Å². The molecule has 1 unspecified atom stereocenters. The molecular weight excluding hydrogens is 997 g/mol. The summed E-state index contributed by atoms with van der Waals surface area (Å²) in [4.78, 5) is 38.3. The highest BCUT2D eigenvalue weighted by Gasteiger charge is 2.20. The van der Waals surface area contributed by atoms with Crippen LogP contribution in [0, 0.1) is 0 Å². The third-order valence-corrected chi connectivity index (χ3v) is 17.0. The van der Waals surface area contributed by atoms with Crippen LogP contribution in [-0.4, -0.2) is 37.2 Å². The molecule has 0 aliphatic heterocycles. The molecule has 0 amide bonds. The SMILES string of the molecule is CCCCCCC/C=C\C/C=C\CCCCCCCCCCCCCCCCCCCCCCCC(=O)OCC(COC(=O)CCCCCCCCCC)OC(=O)CCCCCCCCCCCCCCCCCCCCCCCC. The van der Waals surface area contributed by atoms with Crippen molar-refractivity contribution in [2.45, 2.75) is 425 Å². The van der Waals surface area contributed by atoms with E-state index < -0.39 is 6.10 Å². The molecule has 0 aliphatic carbocycles. The zero-order valence-electron chi connectivity index (χ0n) is 55.1. The highest BCUT2D eigenvalue weighted by molar-refractivity contribution is 5.71. The van der Waals surface area contributed by atoms with Crippen LogP contribution in [0.3, 0.4) is 0 Å². The molecule has 6 heteroatoms. The lowest BCUT2D eigenvalue weighted by atomic mass is 10.0. The molecule has 0 heterocycles. The Labute approximate surface area is 506 Å². The van der Waals surface area contributed by atoms with Crippen LogP contribution in [0.15, 0.2) is 24.3 Å². The molecule has 0 saturated heterocycles. The van der Waals surface area contributed by atoms with Crippen LogP contribution in [0.1, 0.15) is 419 Å². The van der Waals surface area contributed by atoms with Gasteiger partial charge < -0.3 is 14.2 Å². The molecule has 478 valence electrons. The van der Waals surface area contributed by atoms with Crippen molar-refractivity contribution >= 4 is 17.9 Å². The highest BCUT2D eigenvalue weighted by atomic mass is 16.6. The van der Waals surface area contributed by atoms with Gasteiger partial charge in [0, 0.05) is 19.3 Å². The van der Waals surface area contributed by atoms with E-state index >= 15 is 0 Å². The van der Waals surface area contributed by atoms with Gasteiger partial charge in [0.05, 0.1) is 0 Å². The number of esters is 3. The third kappa shape index (κ3) is 68.6. The van der Waals surface area contributed by atoms with Crippen molar-refractivity contribution in [2.75, 3.05) is 13.2 Å². The quantitative estimate of drug-likeness (QED) is 0.0261. The normalized spacial score (nSPS) is 12.1. The van der Waals surface area contributed by atoms with Crippen LogP contribution < -0.4 is 0 Å². The molecule has 0 saturated carbocycles. The van der Waals surface area contributed by atoms with Gasteiger partial charge in [0.15, 0.2) is 6.10 Å². The average molecular weight is 1140 g/mol. The van der Waals surface area contributed by atoms with Crippen LogP contribution in [0.25, 0.3) is 0 Å². The molecule has 1 atom stereocenters. The Kier molecular flexibility index (Phi) is 68.5. The van der Waals surface area contributed by atoms with Gasteiger partial charge in [0.1, 0.15) is 13.2 Å². The summed E-state index contributed by atoms with van der Waals surface area (Å²) in [5.41, 5.74) is 0. The van der Waals surface area contributed by atoms with Crippen molar-refractivity contribution < 1.29 is 28.6 Å². The van der Waals surface area contributed by atoms with Crippen LogP contribution in [0.2, 0.25) is 0 Å². The lowest BCUT2D eigenvalue weighted by molar-refractivity contribution is -0.167. The molecule has 0 fully saturated rings. The number of allylic oxidation sites excluding steroid dienone is 4. The summed E-state index contributed by atoms with van der Waals surface area (Å²) in [6.45, 7) is 6.68. The third-order valence-electron chi connectivity index (χ3n) is 17.0. The van der Waals surface area contributed by atoms with Crippen molar-refractivity contribution in [1.29, 1.82) is 0 Å². The molecule has 0 radical (unpaired) electrons. The second kappa shape index (κ2) is 70.4. The van der Waals surface area contributed by atoms with Crippen molar-refractivity contribution in [1.82, 2.24) is 0 Å². The fraction of sp³-hybridized carbons (Fsp3) is 0.907. The van der Waals surface area contributed by atoms with Gasteiger partial charge in [-0.15, -0.1) is 0 Å². The van der Waals surface area contributed by atoms with Gasteiger partial charge in [0.25, 0.3) is 0 Å². The summed E-state index contributed by atoms with van der Waals surface area (Å²) < 4.78 is 16.9. The van der Waals surface area contributed by atoms with E-state index in [4.69, 9.17) is 14.2 Å². The second-order valence-corrected chi connectivity index (χ2v) is 25.2. The fourth-order valence-corrected chi connectivity index (χ4v) is 11.4. The Hall–Kier alpha value is -2.11. The number of ether oxygens (including phenoxy) is 3. The molecule has 0 bridgehead atoms. The van der Waals surface area contributed by atoms with Crippen molar-refractivity contribution in [3.63, 3.8) is 0 Å². The van der Waals surface area contributed by atoms with E-state index in [2.05, 4.69) is 45.1 Å². The molecule has 81 heavy (non-hydrogen) atoms. The summed E-state index contributed by atoms with van der Waals surface area (Å²) in [5, 5.41) is 0. The maximum atomic E-state index is 12.9. The second-order valence-electron chi connectivity index (χ2n) is 25.2. The van der Waals surface area contributed by atoms with Gasteiger partial charge in [-0.3, -0.25) is 14.4 Å². The Bertz CT molecular complexity index is 1310. The maximum Gasteiger partial charge on any atom is 0.306 e. The van der Waals surface area contributed by atoms with E-state index in [0.717, 1.165) is 64.2 Å². The lowest BCUT2D eigenvalue weighted by Crippen LogP contribution is -2.30. The molecule has 0 aromatic carbocycles. The first-order valence-corrected chi connectivity index (χ1v) is 36.8.